The number of aliphatic hydroxyl groups excluding tert-OH is 1. The Balaban J connectivity index is 2.46. The molecule has 0 amide bonds. The van der Waals surface area contributed by atoms with Crippen molar-refractivity contribution in [1.82, 2.24) is 0 Å². The Kier molecular flexibility index (Phi) is 4.83. The van der Waals surface area contributed by atoms with Gasteiger partial charge in [-0.25, -0.2) is 0 Å². The standard InChI is InChI=1S/C18H26O5/c1-5-7-8-9-12(19)14-11-10-13(23-6-2)17(3,15(14)20)16(21)18(11,4)22/h5,7,11,13,20,22H,6,8-10H2,1-4H3/b7-5-/t11-,13-,17+,18-/m0/s1. The summed E-state index contributed by atoms with van der Waals surface area (Å²) in [5.41, 5.74) is -2.81. The summed E-state index contributed by atoms with van der Waals surface area (Å²) >= 11 is 0. The van der Waals surface area contributed by atoms with Crippen LogP contribution in [0.3, 0.4) is 0 Å². The van der Waals surface area contributed by atoms with E-state index in [4.69, 9.17) is 4.74 Å². The van der Waals surface area contributed by atoms with Gasteiger partial charge in [-0.2, -0.15) is 0 Å². The fourth-order valence-corrected chi connectivity index (χ4v) is 3.89. The van der Waals surface area contributed by atoms with Crippen molar-refractivity contribution >= 4 is 11.6 Å². The predicted molar refractivity (Wildman–Crippen MR) is 86.0 cm³/mol. The second-order valence-electron chi connectivity index (χ2n) is 6.70. The molecule has 0 spiro atoms. The number of fused-ring (bicyclic) bond motifs is 2. The molecular formula is C18H26O5. The van der Waals surface area contributed by atoms with E-state index in [-0.39, 0.29) is 23.5 Å². The van der Waals surface area contributed by atoms with Crippen molar-refractivity contribution in [2.75, 3.05) is 6.61 Å². The SMILES string of the molecule is C/C=C\CCC(=O)C1=C(O)[C@]2(C)C(=O)[C@@](C)(O)[C@H]1C[C@@H]2OCC. The van der Waals surface area contributed by atoms with Gasteiger partial charge in [0.1, 0.15) is 16.8 Å². The fraction of sp³-hybridized carbons (Fsp3) is 0.667. The van der Waals surface area contributed by atoms with Crippen LogP contribution in [0, 0.1) is 11.3 Å². The van der Waals surface area contributed by atoms with Gasteiger partial charge < -0.3 is 14.9 Å². The van der Waals surface area contributed by atoms with Crippen molar-refractivity contribution in [2.45, 2.75) is 58.7 Å². The van der Waals surface area contributed by atoms with Gasteiger partial charge in [-0.15, -0.1) is 0 Å². The van der Waals surface area contributed by atoms with Crippen LogP contribution in [-0.4, -0.2) is 40.1 Å². The van der Waals surface area contributed by atoms with Crippen LogP contribution in [0.15, 0.2) is 23.5 Å². The van der Waals surface area contributed by atoms with Crippen molar-refractivity contribution < 1.29 is 24.5 Å². The van der Waals surface area contributed by atoms with Crippen LogP contribution in [0.5, 0.6) is 0 Å². The van der Waals surface area contributed by atoms with E-state index in [1.165, 1.54) is 6.92 Å². The van der Waals surface area contributed by atoms with E-state index >= 15 is 0 Å². The van der Waals surface area contributed by atoms with E-state index in [9.17, 15) is 19.8 Å². The maximum Gasteiger partial charge on any atom is 0.180 e. The van der Waals surface area contributed by atoms with Gasteiger partial charge in [0, 0.05) is 24.5 Å². The van der Waals surface area contributed by atoms with Gasteiger partial charge in [-0.1, -0.05) is 12.2 Å². The van der Waals surface area contributed by atoms with Gasteiger partial charge >= 0.3 is 0 Å². The molecule has 3 rings (SSSR count). The minimum atomic E-state index is -1.65. The quantitative estimate of drug-likeness (QED) is 0.734. The first-order valence-electron chi connectivity index (χ1n) is 8.19. The van der Waals surface area contributed by atoms with E-state index in [1.807, 2.05) is 26.0 Å². The van der Waals surface area contributed by atoms with Gasteiger partial charge in [-0.3, -0.25) is 9.59 Å². The van der Waals surface area contributed by atoms with Gasteiger partial charge in [0.15, 0.2) is 11.6 Å². The third-order valence-electron chi connectivity index (χ3n) is 5.24. The molecule has 0 aromatic carbocycles. The number of hydrogen-bond acceptors (Lipinski definition) is 5. The van der Waals surface area contributed by atoms with Crippen LogP contribution in [0.2, 0.25) is 0 Å². The van der Waals surface area contributed by atoms with Gasteiger partial charge in [0.25, 0.3) is 0 Å². The molecule has 0 heterocycles. The molecule has 5 heteroatoms. The number of Topliss-reactive ketones (excluding diaryl/α,β-unsaturated/α-hetero) is 2. The van der Waals surface area contributed by atoms with E-state index < -0.39 is 28.8 Å². The lowest BCUT2D eigenvalue weighted by molar-refractivity contribution is -0.180. The Morgan fingerprint density at radius 3 is 2.65 bits per heavy atom. The number of ether oxygens (including phenoxy) is 1. The lowest BCUT2D eigenvalue weighted by Gasteiger charge is -2.54. The molecule has 0 aromatic rings. The monoisotopic (exact) mass is 322 g/mol. The summed E-state index contributed by atoms with van der Waals surface area (Å²) in [4.78, 5) is 25.3. The summed E-state index contributed by atoms with van der Waals surface area (Å²) in [6, 6.07) is 0. The number of carbonyl (C=O) groups is 2. The van der Waals surface area contributed by atoms with Crippen LogP contribution < -0.4 is 0 Å². The molecule has 1 fully saturated rings. The molecule has 2 N–H and O–H groups in total. The van der Waals surface area contributed by atoms with E-state index in [0.29, 0.717) is 19.4 Å². The third-order valence-corrected chi connectivity index (χ3v) is 5.24. The fourth-order valence-electron chi connectivity index (χ4n) is 3.89. The van der Waals surface area contributed by atoms with Gasteiger partial charge in [0.05, 0.1) is 6.10 Å². The lowest BCUT2D eigenvalue weighted by Crippen LogP contribution is -2.66. The second-order valence-corrected chi connectivity index (χ2v) is 6.70. The van der Waals surface area contributed by atoms with E-state index in [0.717, 1.165) is 0 Å². The zero-order valence-corrected chi connectivity index (χ0v) is 14.3. The van der Waals surface area contributed by atoms with Crippen molar-refractivity contribution in [2.24, 2.45) is 11.3 Å². The van der Waals surface area contributed by atoms with Crippen molar-refractivity contribution in [3.63, 3.8) is 0 Å². The normalized spacial score (nSPS) is 37.0. The molecule has 0 aliphatic heterocycles. The number of ketones is 2. The highest BCUT2D eigenvalue weighted by Crippen LogP contribution is 2.55. The Hall–Kier alpha value is -1.46. The van der Waals surface area contributed by atoms with E-state index in [1.54, 1.807) is 6.92 Å². The van der Waals surface area contributed by atoms with Crippen molar-refractivity contribution in [1.29, 1.82) is 0 Å². The zero-order chi connectivity index (χ0) is 17.4. The van der Waals surface area contributed by atoms with Crippen LogP contribution in [0.25, 0.3) is 0 Å². The summed E-state index contributed by atoms with van der Waals surface area (Å²) in [5, 5.41) is 21.4. The Morgan fingerprint density at radius 2 is 2.09 bits per heavy atom. The first-order chi connectivity index (χ1) is 10.7. The Morgan fingerprint density at radius 1 is 1.43 bits per heavy atom. The number of aliphatic hydroxyl groups is 2. The van der Waals surface area contributed by atoms with Crippen LogP contribution in [0.4, 0.5) is 0 Å². The highest BCUT2D eigenvalue weighted by Gasteiger charge is 2.66. The highest BCUT2D eigenvalue weighted by molar-refractivity contribution is 6.05. The average molecular weight is 322 g/mol. The molecule has 4 atom stereocenters. The molecule has 1 saturated carbocycles. The largest absolute Gasteiger partial charge is 0.511 e. The topological polar surface area (TPSA) is 83.8 Å². The summed E-state index contributed by atoms with van der Waals surface area (Å²) in [7, 11) is 0. The summed E-state index contributed by atoms with van der Waals surface area (Å²) in [6.07, 6.45) is 4.40. The molecule has 0 aromatic heterocycles. The smallest absolute Gasteiger partial charge is 0.180 e. The predicted octanol–water partition coefficient (Wildman–Crippen LogP) is 2.49. The number of rotatable bonds is 6. The molecule has 0 saturated heterocycles. The minimum absolute atomic E-state index is 0.206. The molecule has 3 aliphatic rings. The average Bonchev–Trinajstić information content (AvgIpc) is 2.49. The third kappa shape index (κ3) is 2.56. The minimum Gasteiger partial charge on any atom is -0.511 e. The molecule has 23 heavy (non-hydrogen) atoms. The van der Waals surface area contributed by atoms with Crippen LogP contribution >= 0.6 is 0 Å². The first kappa shape index (κ1) is 17.9. The molecule has 5 nitrogen and oxygen atoms in total. The molecule has 0 radical (unpaired) electrons. The second kappa shape index (κ2) is 6.21. The maximum absolute atomic E-state index is 12.7. The van der Waals surface area contributed by atoms with Crippen LogP contribution in [0.1, 0.15) is 47.0 Å². The lowest BCUT2D eigenvalue weighted by atomic mass is 9.52. The maximum atomic E-state index is 12.7. The highest BCUT2D eigenvalue weighted by atomic mass is 16.5. The molecule has 128 valence electrons. The van der Waals surface area contributed by atoms with Crippen LogP contribution in [-0.2, 0) is 14.3 Å². The van der Waals surface area contributed by atoms with E-state index in [2.05, 4.69) is 0 Å². The first-order valence-corrected chi connectivity index (χ1v) is 8.19. The van der Waals surface area contributed by atoms with Crippen molar-refractivity contribution in [3.8, 4) is 0 Å². The summed E-state index contributed by atoms with van der Waals surface area (Å²) < 4.78 is 5.63. The number of carbonyl (C=O) groups excluding carboxylic acids is 2. The van der Waals surface area contributed by atoms with Gasteiger partial charge in [0.2, 0.25) is 0 Å². The molecule has 2 bridgehead atoms. The van der Waals surface area contributed by atoms with Crippen molar-refractivity contribution in [3.05, 3.63) is 23.5 Å². The molecule has 3 aliphatic carbocycles. The Bertz CT molecular complexity index is 572. The zero-order valence-electron chi connectivity index (χ0n) is 14.3. The van der Waals surface area contributed by atoms with Gasteiger partial charge in [-0.05, 0) is 40.5 Å². The molecule has 0 unspecified atom stereocenters. The summed E-state index contributed by atoms with van der Waals surface area (Å²) in [5.74, 6) is -1.61. The number of allylic oxidation sites excluding steroid dienone is 2. The number of hydrogen-bond donors (Lipinski definition) is 2. The Labute approximate surface area is 137 Å². The molecular weight excluding hydrogens is 296 g/mol. The summed E-state index contributed by atoms with van der Waals surface area (Å²) in [6.45, 7) is 7.10.